The van der Waals surface area contributed by atoms with Crippen LogP contribution in [0.3, 0.4) is 0 Å². The van der Waals surface area contributed by atoms with Gasteiger partial charge in [-0.05, 0) is 74.0 Å². The lowest BCUT2D eigenvalue weighted by Crippen LogP contribution is -2.27. The predicted molar refractivity (Wildman–Crippen MR) is 147 cm³/mol. The minimum Gasteiger partial charge on any atom is -0.494 e. The van der Waals surface area contributed by atoms with E-state index in [1.165, 1.54) is 16.7 Å². The highest BCUT2D eigenvalue weighted by Crippen LogP contribution is 2.35. The number of hydrogen-bond donors (Lipinski definition) is 1. The van der Waals surface area contributed by atoms with Gasteiger partial charge in [-0.25, -0.2) is 0 Å². The standard InChI is InChI=1S/C27H26N2O6S2/c1-3-32-20-10-8-19(9-11-20)28-25(30)17-35-22-12-7-18(14-23(22)33-4-2)15-24-26(31)29(27(36)37-24)16-21-6-5-13-34-21/h5-15H,3-4,16-17H2,1-2H3,(H,28,30)/b24-15-. The number of thioether (sulfide) groups is 1. The summed E-state index contributed by atoms with van der Waals surface area (Å²) in [6, 6.07) is 15.9. The summed E-state index contributed by atoms with van der Waals surface area (Å²) in [4.78, 5) is 27.3. The van der Waals surface area contributed by atoms with Gasteiger partial charge in [-0.15, -0.1) is 0 Å². The molecular weight excluding hydrogens is 512 g/mol. The van der Waals surface area contributed by atoms with Crippen molar-refractivity contribution in [2.24, 2.45) is 0 Å². The maximum absolute atomic E-state index is 12.9. The highest BCUT2D eigenvalue weighted by atomic mass is 32.2. The second-order valence-electron chi connectivity index (χ2n) is 7.78. The van der Waals surface area contributed by atoms with E-state index in [0.717, 1.165) is 11.3 Å². The molecule has 0 spiro atoms. The lowest BCUT2D eigenvalue weighted by atomic mass is 10.2. The molecule has 0 atom stereocenters. The van der Waals surface area contributed by atoms with Crippen LogP contribution in [0.2, 0.25) is 0 Å². The Morgan fingerprint density at radius 3 is 2.54 bits per heavy atom. The van der Waals surface area contributed by atoms with Gasteiger partial charge < -0.3 is 23.9 Å². The number of rotatable bonds is 11. The molecule has 1 N–H and O–H groups in total. The number of ether oxygens (including phenoxy) is 3. The Kier molecular flexibility index (Phi) is 8.86. The topological polar surface area (TPSA) is 90.2 Å². The third-order valence-electron chi connectivity index (χ3n) is 5.14. The van der Waals surface area contributed by atoms with E-state index in [9.17, 15) is 9.59 Å². The summed E-state index contributed by atoms with van der Waals surface area (Å²) in [5, 5.41) is 2.79. The van der Waals surface area contributed by atoms with E-state index < -0.39 is 0 Å². The Bertz CT molecular complexity index is 1290. The Balaban J connectivity index is 1.40. The quantitative estimate of drug-likeness (QED) is 0.253. The minimum atomic E-state index is -0.309. The van der Waals surface area contributed by atoms with Gasteiger partial charge in [0.2, 0.25) is 0 Å². The molecule has 1 fully saturated rings. The summed E-state index contributed by atoms with van der Waals surface area (Å²) >= 11 is 6.63. The molecule has 4 rings (SSSR count). The van der Waals surface area contributed by atoms with Gasteiger partial charge in [-0.2, -0.15) is 0 Å². The molecule has 1 aromatic heterocycles. The van der Waals surface area contributed by atoms with Gasteiger partial charge in [0.25, 0.3) is 11.8 Å². The Morgan fingerprint density at radius 1 is 1.05 bits per heavy atom. The van der Waals surface area contributed by atoms with Crippen molar-refractivity contribution in [2.45, 2.75) is 20.4 Å². The first kappa shape index (κ1) is 26.3. The van der Waals surface area contributed by atoms with Gasteiger partial charge in [0, 0.05) is 5.69 Å². The van der Waals surface area contributed by atoms with Gasteiger partial charge in [0.15, 0.2) is 18.1 Å². The molecule has 1 aliphatic rings. The van der Waals surface area contributed by atoms with E-state index in [0.29, 0.717) is 45.4 Å². The number of nitrogens with zero attached hydrogens (tertiary/aromatic N) is 1. The monoisotopic (exact) mass is 538 g/mol. The zero-order valence-electron chi connectivity index (χ0n) is 20.4. The summed E-state index contributed by atoms with van der Waals surface area (Å²) in [6.45, 7) is 4.83. The SMILES string of the molecule is CCOc1ccc(NC(=O)COc2ccc(/C=C3\SC(=S)N(Cc4ccco4)C3=O)cc2OCC)cc1. The van der Waals surface area contributed by atoms with Crippen molar-refractivity contribution in [3.63, 3.8) is 0 Å². The van der Waals surface area contributed by atoms with E-state index in [-0.39, 0.29) is 25.0 Å². The fourth-order valence-corrected chi connectivity index (χ4v) is 4.74. The number of furan rings is 1. The van der Waals surface area contributed by atoms with Crippen LogP contribution in [0.1, 0.15) is 25.2 Å². The third kappa shape index (κ3) is 6.93. The zero-order valence-corrected chi connectivity index (χ0v) is 22.0. The third-order valence-corrected chi connectivity index (χ3v) is 6.52. The molecule has 1 saturated heterocycles. The zero-order chi connectivity index (χ0) is 26.2. The molecule has 1 aliphatic heterocycles. The molecule has 0 bridgehead atoms. The van der Waals surface area contributed by atoms with Gasteiger partial charge in [-0.1, -0.05) is 30.0 Å². The van der Waals surface area contributed by atoms with Gasteiger partial charge >= 0.3 is 0 Å². The van der Waals surface area contributed by atoms with Crippen molar-refractivity contribution in [2.75, 3.05) is 25.1 Å². The number of amides is 2. The van der Waals surface area contributed by atoms with Gasteiger partial charge in [0.05, 0.1) is 30.9 Å². The summed E-state index contributed by atoms with van der Waals surface area (Å²) in [5.41, 5.74) is 1.38. The number of nitrogens with one attached hydrogen (secondary N) is 1. The predicted octanol–water partition coefficient (Wildman–Crippen LogP) is 5.50. The molecule has 0 aliphatic carbocycles. The van der Waals surface area contributed by atoms with Crippen LogP contribution in [0.5, 0.6) is 17.2 Å². The molecule has 0 saturated carbocycles. The van der Waals surface area contributed by atoms with Crippen molar-refractivity contribution in [1.82, 2.24) is 4.90 Å². The first-order valence-electron chi connectivity index (χ1n) is 11.7. The molecule has 2 heterocycles. The highest BCUT2D eigenvalue weighted by molar-refractivity contribution is 8.26. The minimum absolute atomic E-state index is 0.185. The maximum Gasteiger partial charge on any atom is 0.266 e. The summed E-state index contributed by atoms with van der Waals surface area (Å²) in [5.74, 6) is 1.79. The molecule has 10 heteroatoms. The molecule has 37 heavy (non-hydrogen) atoms. The van der Waals surface area contributed by atoms with Gasteiger partial charge in [-0.3, -0.25) is 14.5 Å². The molecule has 3 aromatic rings. The van der Waals surface area contributed by atoms with E-state index in [4.69, 9.17) is 30.8 Å². The summed E-state index contributed by atoms with van der Waals surface area (Å²) < 4.78 is 22.7. The molecule has 0 unspecified atom stereocenters. The number of carbonyl (C=O) groups is 2. The van der Waals surface area contributed by atoms with Crippen molar-refractivity contribution in [3.8, 4) is 17.2 Å². The lowest BCUT2D eigenvalue weighted by molar-refractivity contribution is -0.122. The van der Waals surface area contributed by atoms with Crippen LogP contribution in [0.25, 0.3) is 6.08 Å². The van der Waals surface area contributed by atoms with Crippen LogP contribution in [-0.4, -0.2) is 40.9 Å². The van der Waals surface area contributed by atoms with Crippen LogP contribution in [0, 0.1) is 0 Å². The van der Waals surface area contributed by atoms with E-state index in [1.54, 1.807) is 66.9 Å². The fourth-order valence-electron chi connectivity index (χ4n) is 3.49. The highest BCUT2D eigenvalue weighted by Gasteiger charge is 2.32. The van der Waals surface area contributed by atoms with Crippen LogP contribution in [-0.2, 0) is 16.1 Å². The van der Waals surface area contributed by atoms with Crippen molar-refractivity contribution in [3.05, 3.63) is 77.1 Å². The average molecular weight is 539 g/mol. The number of hydrogen-bond acceptors (Lipinski definition) is 8. The first-order valence-corrected chi connectivity index (χ1v) is 12.9. The molecule has 8 nitrogen and oxygen atoms in total. The van der Waals surface area contributed by atoms with E-state index in [2.05, 4.69) is 5.32 Å². The largest absolute Gasteiger partial charge is 0.494 e. The summed E-state index contributed by atoms with van der Waals surface area (Å²) in [7, 11) is 0. The molecule has 2 amide bonds. The van der Waals surface area contributed by atoms with Crippen molar-refractivity contribution < 1.29 is 28.2 Å². The Labute approximate surface area is 224 Å². The van der Waals surface area contributed by atoms with Crippen LogP contribution in [0.4, 0.5) is 5.69 Å². The number of benzene rings is 2. The molecule has 192 valence electrons. The fraction of sp³-hybridized carbons (Fsp3) is 0.222. The van der Waals surface area contributed by atoms with E-state index >= 15 is 0 Å². The second kappa shape index (κ2) is 12.5. The van der Waals surface area contributed by atoms with Crippen molar-refractivity contribution in [1.29, 1.82) is 0 Å². The van der Waals surface area contributed by atoms with Crippen molar-refractivity contribution >= 4 is 51.9 Å². The number of thiocarbonyl (C=S) groups is 1. The maximum atomic E-state index is 12.9. The van der Waals surface area contributed by atoms with E-state index in [1.807, 2.05) is 13.8 Å². The van der Waals surface area contributed by atoms with Crippen LogP contribution >= 0.6 is 24.0 Å². The normalized spacial score (nSPS) is 14.2. The number of anilines is 1. The smallest absolute Gasteiger partial charge is 0.266 e. The summed E-state index contributed by atoms with van der Waals surface area (Å²) in [6.07, 6.45) is 3.32. The average Bonchev–Trinajstić information content (AvgIpc) is 3.49. The first-order chi connectivity index (χ1) is 18.0. The van der Waals surface area contributed by atoms with Gasteiger partial charge in [0.1, 0.15) is 15.8 Å². The molecule has 2 aromatic carbocycles. The second-order valence-corrected chi connectivity index (χ2v) is 9.46. The number of carbonyl (C=O) groups excluding carboxylic acids is 2. The Morgan fingerprint density at radius 2 is 1.84 bits per heavy atom. The molecular formula is C27H26N2O6S2. The Hall–Kier alpha value is -3.76. The van der Waals surface area contributed by atoms with Crippen LogP contribution < -0.4 is 19.5 Å². The molecule has 0 radical (unpaired) electrons. The lowest BCUT2D eigenvalue weighted by Gasteiger charge is -2.13. The van der Waals surface area contributed by atoms with Crippen LogP contribution in [0.15, 0.2) is 70.2 Å².